The van der Waals surface area contributed by atoms with Gasteiger partial charge >= 0.3 is 0 Å². The van der Waals surface area contributed by atoms with Crippen LogP contribution in [-0.4, -0.2) is 48.3 Å². The Morgan fingerprint density at radius 1 is 1.20 bits per heavy atom. The maximum Gasteiger partial charge on any atom is 0.243 e. The first-order valence-electron chi connectivity index (χ1n) is 6.90. The zero-order valence-corrected chi connectivity index (χ0v) is 12.0. The number of furan rings is 1. The maximum absolute atomic E-state index is 11.9. The average molecular weight is 279 g/mol. The van der Waals surface area contributed by atoms with E-state index in [0.29, 0.717) is 18.8 Å². The zero-order chi connectivity index (χ0) is 14.5. The van der Waals surface area contributed by atoms with Crippen molar-refractivity contribution in [1.29, 1.82) is 0 Å². The molecular weight excluding hydrogens is 258 g/mol. The molecule has 2 rings (SSSR count). The highest BCUT2D eigenvalue weighted by Gasteiger charge is 2.27. The fourth-order valence-corrected chi connectivity index (χ4v) is 2.09. The standard InChI is InChI=1S/C14H21N3O3/c1-3-6-15-7-11-4-5-12(20-11)8-17-10-13(18)16(2)9-14(17)19/h4-5,15H,3,6-10H2,1-2H3. The lowest BCUT2D eigenvalue weighted by atomic mass is 10.3. The summed E-state index contributed by atoms with van der Waals surface area (Å²) in [5.74, 6) is 1.47. The quantitative estimate of drug-likeness (QED) is 0.774. The average Bonchev–Trinajstić information content (AvgIpc) is 2.84. The molecule has 2 amide bonds. The minimum atomic E-state index is -0.0471. The van der Waals surface area contributed by atoms with Crippen LogP contribution in [0.1, 0.15) is 24.9 Å². The van der Waals surface area contributed by atoms with Crippen LogP contribution in [0.5, 0.6) is 0 Å². The molecule has 1 aliphatic rings. The highest BCUT2D eigenvalue weighted by Crippen LogP contribution is 2.13. The zero-order valence-electron chi connectivity index (χ0n) is 12.0. The van der Waals surface area contributed by atoms with E-state index in [1.165, 1.54) is 9.80 Å². The topological polar surface area (TPSA) is 65.8 Å². The summed E-state index contributed by atoms with van der Waals surface area (Å²) in [6.07, 6.45) is 1.07. The molecule has 1 N–H and O–H groups in total. The number of nitrogens with one attached hydrogen (secondary N) is 1. The van der Waals surface area contributed by atoms with E-state index in [4.69, 9.17) is 4.42 Å². The first-order chi connectivity index (χ1) is 9.60. The fraction of sp³-hybridized carbons (Fsp3) is 0.571. The van der Waals surface area contributed by atoms with Crippen LogP contribution in [0.3, 0.4) is 0 Å². The molecule has 110 valence electrons. The van der Waals surface area contributed by atoms with Gasteiger partial charge in [-0.05, 0) is 25.1 Å². The Hall–Kier alpha value is -1.82. The van der Waals surface area contributed by atoms with E-state index in [9.17, 15) is 9.59 Å². The number of nitrogens with zero attached hydrogens (tertiary/aromatic N) is 2. The molecule has 0 bridgehead atoms. The lowest BCUT2D eigenvalue weighted by molar-refractivity contribution is -0.149. The summed E-state index contributed by atoms with van der Waals surface area (Å²) >= 11 is 0. The normalized spacial score (nSPS) is 16.1. The second-order valence-electron chi connectivity index (χ2n) is 5.04. The summed E-state index contributed by atoms with van der Waals surface area (Å²) in [6, 6.07) is 3.76. The van der Waals surface area contributed by atoms with Gasteiger partial charge in [0.25, 0.3) is 0 Å². The van der Waals surface area contributed by atoms with Crippen LogP contribution in [-0.2, 0) is 22.7 Å². The molecule has 1 aromatic rings. The lowest BCUT2D eigenvalue weighted by Gasteiger charge is -2.30. The van der Waals surface area contributed by atoms with Gasteiger partial charge in [-0.15, -0.1) is 0 Å². The molecule has 0 aromatic carbocycles. The van der Waals surface area contributed by atoms with Gasteiger partial charge in [0.2, 0.25) is 11.8 Å². The van der Waals surface area contributed by atoms with E-state index in [-0.39, 0.29) is 24.9 Å². The van der Waals surface area contributed by atoms with Gasteiger partial charge in [0.1, 0.15) is 18.1 Å². The predicted molar refractivity (Wildman–Crippen MR) is 73.8 cm³/mol. The molecule has 0 saturated carbocycles. The minimum Gasteiger partial charge on any atom is -0.463 e. The SMILES string of the molecule is CCCNCc1ccc(CN2CC(=O)N(C)CC2=O)o1. The van der Waals surface area contributed by atoms with Crippen molar-refractivity contribution in [3.05, 3.63) is 23.7 Å². The molecule has 0 aliphatic carbocycles. The Kier molecular flexibility index (Phi) is 4.79. The van der Waals surface area contributed by atoms with Crippen LogP contribution in [0, 0.1) is 0 Å². The molecule has 6 heteroatoms. The van der Waals surface area contributed by atoms with Crippen molar-refractivity contribution in [2.45, 2.75) is 26.4 Å². The van der Waals surface area contributed by atoms with Crippen LogP contribution in [0.15, 0.2) is 16.5 Å². The Morgan fingerprint density at radius 3 is 2.70 bits per heavy atom. The van der Waals surface area contributed by atoms with Crippen molar-refractivity contribution >= 4 is 11.8 Å². The fourth-order valence-electron chi connectivity index (χ4n) is 2.09. The predicted octanol–water partition coefficient (Wildman–Crippen LogP) is 0.580. The Morgan fingerprint density at radius 2 is 1.95 bits per heavy atom. The monoisotopic (exact) mass is 279 g/mol. The second kappa shape index (κ2) is 6.56. The Bertz CT molecular complexity index is 484. The first kappa shape index (κ1) is 14.6. The molecular formula is C14H21N3O3. The summed E-state index contributed by atoms with van der Waals surface area (Å²) in [4.78, 5) is 26.4. The summed E-state index contributed by atoms with van der Waals surface area (Å²) in [7, 11) is 1.64. The third kappa shape index (κ3) is 3.60. The van der Waals surface area contributed by atoms with Crippen LogP contribution >= 0.6 is 0 Å². The van der Waals surface area contributed by atoms with Gasteiger partial charge < -0.3 is 19.5 Å². The molecule has 6 nitrogen and oxygen atoms in total. The van der Waals surface area contributed by atoms with Crippen molar-refractivity contribution in [3.63, 3.8) is 0 Å². The largest absolute Gasteiger partial charge is 0.463 e. The molecule has 1 fully saturated rings. The molecule has 0 radical (unpaired) electrons. The molecule has 0 unspecified atom stereocenters. The number of piperazine rings is 1. The van der Waals surface area contributed by atoms with Crippen LogP contribution in [0.4, 0.5) is 0 Å². The van der Waals surface area contributed by atoms with E-state index >= 15 is 0 Å². The van der Waals surface area contributed by atoms with E-state index < -0.39 is 0 Å². The van der Waals surface area contributed by atoms with Crippen molar-refractivity contribution < 1.29 is 14.0 Å². The lowest BCUT2D eigenvalue weighted by Crippen LogP contribution is -2.51. The second-order valence-corrected chi connectivity index (χ2v) is 5.04. The smallest absolute Gasteiger partial charge is 0.243 e. The molecule has 1 saturated heterocycles. The van der Waals surface area contributed by atoms with Crippen LogP contribution in [0.2, 0.25) is 0 Å². The molecule has 0 atom stereocenters. The van der Waals surface area contributed by atoms with Crippen molar-refractivity contribution in [1.82, 2.24) is 15.1 Å². The van der Waals surface area contributed by atoms with Gasteiger partial charge in [-0.25, -0.2) is 0 Å². The van der Waals surface area contributed by atoms with E-state index in [1.54, 1.807) is 7.05 Å². The van der Waals surface area contributed by atoms with Crippen molar-refractivity contribution in [3.8, 4) is 0 Å². The number of carbonyl (C=O) groups is 2. The summed E-state index contributed by atoms with van der Waals surface area (Å²) < 4.78 is 5.66. The highest BCUT2D eigenvalue weighted by molar-refractivity contribution is 5.92. The molecule has 1 aromatic heterocycles. The molecule has 0 spiro atoms. The van der Waals surface area contributed by atoms with Gasteiger partial charge in [-0.1, -0.05) is 6.92 Å². The molecule has 20 heavy (non-hydrogen) atoms. The minimum absolute atomic E-state index is 0.0407. The Balaban J connectivity index is 1.89. The van der Waals surface area contributed by atoms with Crippen LogP contribution in [0.25, 0.3) is 0 Å². The summed E-state index contributed by atoms with van der Waals surface area (Å²) in [5, 5.41) is 3.25. The Labute approximate surface area is 118 Å². The van der Waals surface area contributed by atoms with Crippen molar-refractivity contribution in [2.75, 3.05) is 26.7 Å². The number of rotatable bonds is 6. The molecule has 1 aliphatic heterocycles. The number of hydrogen-bond acceptors (Lipinski definition) is 4. The first-order valence-corrected chi connectivity index (χ1v) is 6.90. The van der Waals surface area contributed by atoms with E-state index in [2.05, 4.69) is 12.2 Å². The van der Waals surface area contributed by atoms with Gasteiger partial charge in [0, 0.05) is 7.05 Å². The number of amides is 2. The number of likely N-dealkylation sites (N-methyl/N-ethyl adjacent to an activating group) is 1. The number of hydrogen-bond donors (Lipinski definition) is 1. The van der Waals surface area contributed by atoms with Gasteiger partial charge in [0.15, 0.2) is 0 Å². The molecule has 2 heterocycles. The third-order valence-electron chi connectivity index (χ3n) is 3.27. The van der Waals surface area contributed by atoms with E-state index in [0.717, 1.165) is 18.7 Å². The summed E-state index contributed by atoms with van der Waals surface area (Å²) in [6.45, 7) is 4.36. The highest BCUT2D eigenvalue weighted by atomic mass is 16.3. The van der Waals surface area contributed by atoms with Gasteiger partial charge in [0.05, 0.1) is 19.6 Å². The van der Waals surface area contributed by atoms with E-state index in [1.807, 2.05) is 12.1 Å². The van der Waals surface area contributed by atoms with Gasteiger partial charge in [-0.2, -0.15) is 0 Å². The van der Waals surface area contributed by atoms with Gasteiger partial charge in [-0.3, -0.25) is 9.59 Å². The van der Waals surface area contributed by atoms with Crippen LogP contribution < -0.4 is 5.32 Å². The number of carbonyl (C=O) groups excluding carboxylic acids is 2. The third-order valence-corrected chi connectivity index (χ3v) is 3.27. The maximum atomic E-state index is 11.9. The van der Waals surface area contributed by atoms with Crippen molar-refractivity contribution in [2.24, 2.45) is 0 Å². The summed E-state index contributed by atoms with van der Waals surface area (Å²) in [5.41, 5.74) is 0.